The number of halogens is 2. The van der Waals surface area contributed by atoms with Gasteiger partial charge in [0.05, 0.1) is 6.61 Å². The molecule has 5 rings (SSSR count). The number of benzene rings is 2. The highest BCUT2D eigenvalue weighted by Gasteiger charge is 2.46. The third kappa shape index (κ3) is 4.12. The molecule has 2 aromatic rings. The number of hydrogen-bond acceptors (Lipinski definition) is 5. The summed E-state index contributed by atoms with van der Waals surface area (Å²) in [7, 11) is 0. The maximum atomic E-state index is 10.7. The Balaban J connectivity index is 1.20. The van der Waals surface area contributed by atoms with Crippen molar-refractivity contribution in [3.8, 4) is 11.5 Å². The Morgan fingerprint density at radius 3 is 2.56 bits per heavy atom. The maximum absolute atomic E-state index is 10.7. The van der Waals surface area contributed by atoms with Gasteiger partial charge in [-0.1, -0.05) is 35.3 Å². The predicted octanol–water partition coefficient (Wildman–Crippen LogP) is 5.52. The number of ether oxygens (including phenoxy) is 3. The van der Waals surface area contributed by atoms with E-state index in [2.05, 4.69) is 11.0 Å². The summed E-state index contributed by atoms with van der Waals surface area (Å²) >= 11 is 12.5. The lowest BCUT2D eigenvalue weighted by atomic mass is 9.73. The van der Waals surface area contributed by atoms with Gasteiger partial charge in [-0.25, -0.2) is 4.79 Å². The SMILES string of the molecule is O=C(O)OC1CC(N2CCC3(CC2)COc2cc(OCc4c(Cl)cccc4Cl)ccc23)C1. The molecular weight excluding hydrogens is 453 g/mol. The first-order valence-electron chi connectivity index (χ1n) is 10.9. The van der Waals surface area contributed by atoms with E-state index < -0.39 is 6.16 Å². The zero-order chi connectivity index (χ0) is 22.3. The molecule has 0 aromatic heterocycles. The molecule has 1 N–H and O–H groups in total. The third-order valence-corrected chi connectivity index (χ3v) is 7.79. The summed E-state index contributed by atoms with van der Waals surface area (Å²) in [6.07, 6.45) is 2.31. The molecule has 0 radical (unpaired) electrons. The van der Waals surface area contributed by atoms with Crippen molar-refractivity contribution >= 4 is 29.4 Å². The maximum Gasteiger partial charge on any atom is 0.506 e. The molecule has 1 saturated carbocycles. The Hall–Kier alpha value is -2.15. The van der Waals surface area contributed by atoms with Crippen molar-refractivity contribution < 1.29 is 24.1 Å². The van der Waals surface area contributed by atoms with Gasteiger partial charge < -0.3 is 24.2 Å². The minimum Gasteiger partial charge on any atom is -0.492 e. The van der Waals surface area contributed by atoms with E-state index >= 15 is 0 Å². The number of piperidine rings is 1. The molecule has 2 aliphatic heterocycles. The topological polar surface area (TPSA) is 68.2 Å². The number of carbonyl (C=O) groups is 1. The van der Waals surface area contributed by atoms with Gasteiger partial charge in [-0.3, -0.25) is 0 Å². The second kappa shape index (κ2) is 8.65. The molecule has 0 atom stereocenters. The number of hydrogen-bond donors (Lipinski definition) is 1. The summed E-state index contributed by atoms with van der Waals surface area (Å²) < 4.78 is 16.9. The highest BCUT2D eigenvalue weighted by molar-refractivity contribution is 6.35. The van der Waals surface area contributed by atoms with Gasteiger partial charge in [-0.2, -0.15) is 0 Å². The van der Waals surface area contributed by atoms with Gasteiger partial charge in [0, 0.05) is 51.5 Å². The lowest BCUT2D eigenvalue weighted by molar-refractivity contribution is -0.0411. The summed E-state index contributed by atoms with van der Waals surface area (Å²) in [5, 5.41) is 9.92. The first kappa shape index (κ1) is 21.7. The fourth-order valence-electron chi connectivity index (χ4n) is 5.08. The Labute approximate surface area is 197 Å². The normalized spacial score (nSPS) is 23.8. The summed E-state index contributed by atoms with van der Waals surface area (Å²) in [6, 6.07) is 11.9. The summed E-state index contributed by atoms with van der Waals surface area (Å²) in [5.41, 5.74) is 2.06. The Morgan fingerprint density at radius 1 is 1.16 bits per heavy atom. The molecule has 2 heterocycles. The van der Waals surface area contributed by atoms with E-state index in [9.17, 15) is 4.79 Å². The van der Waals surface area contributed by atoms with Crippen LogP contribution in [0.2, 0.25) is 10.0 Å². The van der Waals surface area contributed by atoms with Crippen LogP contribution < -0.4 is 9.47 Å². The average Bonchev–Trinajstić information content (AvgIpc) is 3.08. The van der Waals surface area contributed by atoms with E-state index in [-0.39, 0.29) is 11.5 Å². The zero-order valence-electron chi connectivity index (χ0n) is 17.6. The summed E-state index contributed by atoms with van der Waals surface area (Å²) in [4.78, 5) is 13.1. The fourth-order valence-corrected chi connectivity index (χ4v) is 5.58. The number of nitrogens with zero attached hydrogens (tertiary/aromatic N) is 1. The molecule has 1 spiro atoms. The Bertz CT molecular complexity index is 995. The predicted molar refractivity (Wildman–Crippen MR) is 121 cm³/mol. The molecule has 2 fully saturated rings. The minimum absolute atomic E-state index is 0.0388. The van der Waals surface area contributed by atoms with E-state index in [1.165, 1.54) is 5.56 Å². The van der Waals surface area contributed by atoms with Crippen LogP contribution in [-0.4, -0.2) is 48.0 Å². The smallest absolute Gasteiger partial charge is 0.492 e. The molecule has 32 heavy (non-hydrogen) atoms. The van der Waals surface area contributed by atoms with Crippen molar-refractivity contribution in [2.45, 2.75) is 49.9 Å². The molecule has 170 valence electrons. The molecule has 1 aliphatic carbocycles. The van der Waals surface area contributed by atoms with Crippen LogP contribution in [0, 0.1) is 0 Å². The van der Waals surface area contributed by atoms with Crippen molar-refractivity contribution in [1.29, 1.82) is 0 Å². The molecule has 3 aliphatic rings. The largest absolute Gasteiger partial charge is 0.506 e. The van der Waals surface area contributed by atoms with Gasteiger partial charge in [0.15, 0.2) is 0 Å². The molecule has 1 saturated heterocycles. The molecule has 0 bridgehead atoms. The first-order chi connectivity index (χ1) is 15.4. The van der Waals surface area contributed by atoms with Crippen LogP contribution in [0.1, 0.15) is 36.8 Å². The molecule has 6 nitrogen and oxygen atoms in total. The second-order valence-electron chi connectivity index (χ2n) is 8.88. The standard InChI is InChI=1S/C24H25Cl2NO5/c25-20-2-1-3-21(26)18(20)13-30-16-4-5-19-22(12-16)31-14-24(19)6-8-27(9-7-24)15-10-17(11-15)32-23(28)29/h1-5,12,15,17H,6-11,13-14H2,(H,28,29). The van der Waals surface area contributed by atoms with Crippen molar-refractivity contribution in [2.75, 3.05) is 19.7 Å². The van der Waals surface area contributed by atoms with Gasteiger partial charge in [0.1, 0.15) is 24.2 Å². The van der Waals surface area contributed by atoms with E-state index in [1.807, 2.05) is 18.2 Å². The molecule has 0 amide bonds. The number of likely N-dealkylation sites (tertiary alicyclic amines) is 1. The van der Waals surface area contributed by atoms with E-state index in [1.54, 1.807) is 12.1 Å². The monoisotopic (exact) mass is 477 g/mol. The average molecular weight is 478 g/mol. The zero-order valence-corrected chi connectivity index (χ0v) is 19.1. The lowest BCUT2D eigenvalue weighted by Gasteiger charge is -2.47. The van der Waals surface area contributed by atoms with E-state index in [4.69, 9.17) is 42.5 Å². The number of fused-ring (bicyclic) bond motifs is 2. The highest BCUT2D eigenvalue weighted by Crippen LogP contribution is 2.47. The summed E-state index contributed by atoms with van der Waals surface area (Å²) in [6.45, 7) is 2.95. The molecule has 0 unspecified atom stereocenters. The lowest BCUT2D eigenvalue weighted by Crippen LogP contribution is -2.53. The van der Waals surface area contributed by atoms with Crippen molar-refractivity contribution in [3.63, 3.8) is 0 Å². The van der Waals surface area contributed by atoms with Gasteiger partial charge >= 0.3 is 6.16 Å². The van der Waals surface area contributed by atoms with Crippen LogP contribution >= 0.6 is 23.2 Å². The van der Waals surface area contributed by atoms with Crippen LogP contribution in [0.15, 0.2) is 36.4 Å². The fraction of sp³-hybridized carbons (Fsp3) is 0.458. The van der Waals surface area contributed by atoms with Crippen LogP contribution in [0.4, 0.5) is 4.79 Å². The molecule has 2 aromatic carbocycles. The van der Waals surface area contributed by atoms with Crippen LogP contribution in [-0.2, 0) is 16.8 Å². The third-order valence-electron chi connectivity index (χ3n) is 7.08. The molecule has 8 heteroatoms. The Morgan fingerprint density at radius 2 is 1.88 bits per heavy atom. The second-order valence-corrected chi connectivity index (χ2v) is 9.70. The Kier molecular flexibility index (Phi) is 5.86. The molecular formula is C24H25Cl2NO5. The van der Waals surface area contributed by atoms with Gasteiger partial charge in [0.2, 0.25) is 0 Å². The number of carboxylic acid groups (broad SMARTS) is 1. The van der Waals surface area contributed by atoms with E-state index in [0.29, 0.717) is 29.3 Å². The van der Waals surface area contributed by atoms with Crippen LogP contribution in [0.5, 0.6) is 11.5 Å². The van der Waals surface area contributed by atoms with Crippen molar-refractivity contribution in [3.05, 3.63) is 57.6 Å². The van der Waals surface area contributed by atoms with Gasteiger partial charge in [-0.05, 0) is 44.1 Å². The van der Waals surface area contributed by atoms with Crippen molar-refractivity contribution in [2.24, 2.45) is 0 Å². The number of rotatable bonds is 5. The summed E-state index contributed by atoms with van der Waals surface area (Å²) in [5.74, 6) is 1.62. The van der Waals surface area contributed by atoms with Crippen LogP contribution in [0.3, 0.4) is 0 Å². The minimum atomic E-state index is -1.18. The quantitative estimate of drug-likeness (QED) is 0.571. The van der Waals surface area contributed by atoms with Gasteiger partial charge in [0.25, 0.3) is 0 Å². The highest BCUT2D eigenvalue weighted by atomic mass is 35.5. The first-order valence-corrected chi connectivity index (χ1v) is 11.7. The van der Waals surface area contributed by atoms with Gasteiger partial charge in [-0.15, -0.1) is 0 Å². The van der Waals surface area contributed by atoms with E-state index in [0.717, 1.165) is 55.8 Å². The van der Waals surface area contributed by atoms with Crippen molar-refractivity contribution in [1.82, 2.24) is 4.90 Å². The van der Waals surface area contributed by atoms with Crippen LogP contribution in [0.25, 0.3) is 0 Å².